The van der Waals surface area contributed by atoms with Crippen LogP contribution in [0.3, 0.4) is 0 Å². The lowest BCUT2D eigenvalue weighted by Gasteiger charge is -2.09. The molecule has 3 aromatic heterocycles. The Balaban J connectivity index is 1.63. The van der Waals surface area contributed by atoms with Crippen molar-refractivity contribution in [3.8, 4) is 5.69 Å². The number of hydrogen-bond acceptors (Lipinski definition) is 7. The lowest BCUT2D eigenvalue weighted by molar-refractivity contribution is -0.113. The van der Waals surface area contributed by atoms with Crippen LogP contribution in [0.5, 0.6) is 0 Å². The van der Waals surface area contributed by atoms with Gasteiger partial charge in [-0.25, -0.2) is 14.6 Å². The summed E-state index contributed by atoms with van der Waals surface area (Å²) in [6.45, 7) is 5.85. The molecule has 4 rings (SSSR count). The number of benzene rings is 1. The highest BCUT2D eigenvalue weighted by atomic mass is 32.2. The summed E-state index contributed by atoms with van der Waals surface area (Å²) < 4.78 is 6.77. The molecule has 0 radical (unpaired) electrons. The van der Waals surface area contributed by atoms with E-state index in [2.05, 4.69) is 20.6 Å². The molecule has 0 spiro atoms. The van der Waals surface area contributed by atoms with E-state index in [1.807, 2.05) is 44.2 Å². The van der Waals surface area contributed by atoms with E-state index in [1.54, 1.807) is 23.9 Å². The number of anilines is 1. The molecule has 8 nitrogen and oxygen atoms in total. The highest BCUT2D eigenvalue weighted by molar-refractivity contribution is 8.00. The molecule has 148 valence electrons. The Bertz CT molecular complexity index is 1150. The third-order valence-corrected chi connectivity index (χ3v) is 5.15. The van der Waals surface area contributed by atoms with Crippen molar-refractivity contribution in [1.29, 1.82) is 0 Å². The maximum Gasteiger partial charge on any atom is 0.236 e. The molecule has 0 atom stereocenters. The highest BCUT2D eigenvalue weighted by Gasteiger charge is 2.17. The van der Waals surface area contributed by atoms with Gasteiger partial charge in [-0.1, -0.05) is 49.0 Å². The number of para-hydroxylation sites is 1. The number of aryl methyl sites for hydroxylation is 1. The average Bonchev–Trinajstić information content (AvgIpc) is 3.32. The van der Waals surface area contributed by atoms with Crippen LogP contribution in [-0.4, -0.2) is 36.6 Å². The lowest BCUT2D eigenvalue weighted by Crippen LogP contribution is -2.14. The number of nitrogens with zero attached hydrogens (tertiary/aromatic N) is 5. The van der Waals surface area contributed by atoms with Crippen molar-refractivity contribution in [3.05, 3.63) is 54.2 Å². The summed E-state index contributed by atoms with van der Waals surface area (Å²) >= 11 is 1.35. The first-order chi connectivity index (χ1) is 14.0. The first-order valence-corrected chi connectivity index (χ1v) is 10.2. The van der Waals surface area contributed by atoms with Crippen LogP contribution in [0.1, 0.15) is 31.4 Å². The van der Waals surface area contributed by atoms with Gasteiger partial charge >= 0.3 is 0 Å². The summed E-state index contributed by atoms with van der Waals surface area (Å²) in [5, 5.41) is 12.5. The standard InChI is InChI=1S/C20H20N6O2S/c1-12(2)18-23-19-15(10-21-26(19)14-7-5-4-6-8-14)20(24-18)29-11-17(27)22-16-9-13(3)28-25-16/h4-10,12H,11H2,1-3H3,(H,22,25,27). The number of thioether (sulfide) groups is 1. The van der Waals surface area contributed by atoms with Crippen molar-refractivity contribution >= 4 is 34.5 Å². The monoisotopic (exact) mass is 408 g/mol. The normalized spacial score (nSPS) is 11.3. The first kappa shape index (κ1) is 19.1. The first-order valence-electron chi connectivity index (χ1n) is 9.18. The van der Waals surface area contributed by atoms with Crippen molar-refractivity contribution in [2.45, 2.75) is 31.7 Å². The zero-order valence-corrected chi connectivity index (χ0v) is 17.1. The van der Waals surface area contributed by atoms with E-state index in [9.17, 15) is 4.79 Å². The van der Waals surface area contributed by atoms with Gasteiger partial charge in [0, 0.05) is 12.0 Å². The smallest absolute Gasteiger partial charge is 0.236 e. The number of carbonyl (C=O) groups excluding carboxylic acids is 1. The van der Waals surface area contributed by atoms with Crippen LogP contribution >= 0.6 is 11.8 Å². The Hall–Kier alpha value is -3.20. The van der Waals surface area contributed by atoms with E-state index in [-0.39, 0.29) is 17.6 Å². The molecule has 0 unspecified atom stereocenters. The molecule has 9 heteroatoms. The number of hydrogen-bond donors (Lipinski definition) is 1. The predicted octanol–water partition coefficient (Wildman–Crippen LogP) is 3.97. The number of carbonyl (C=O) groups is 1. The van der Waals surface area contributed by atoms with Crippen molar-refractivity contribution in [2.24, 2.45) is 0 Å². The molecule has 29 heavy (non-hydrogen) atoms. The van der Waals surface area contributed by atoms with E-state index < -0.39 is 0 Å². The molecule has 1 amide bonds. The highest BCUT2D eigenvalue weighted by Crippen LogP contribution is 2.28. The number of fused-ring (bicyclic) bond motifs is 1. The SMILES string of the molecule is Cc1cc(NC(=O)CSc2nc(C(C)C)nc3c2cnn3-c2ccccc2)no1. The quantitative estimate of drug-likeness (QED) is 0.381. The molecule has 1 aromatic carbocycles. The minimum atomic E-state index is -0.184. The van der Waals surface area contributed by atoms with E-state index >= 15 is 0 Å². The van der Waals surface area contributed by atoms with Crippen LogP contribution in [0.25, 0.3) is 16.7 Å². The van der Waals surface area contributed by atoms with E-state index in [1.165, 1.54) is 11.8 Å². The number of rotatable bonds is 6. The fourth-order valence-electron chi connectivity index (χ4n) is 2.76. The van der Waals surface area contributed by atoms with Gasteiger partial charge in [-0.05, 0) is 19.1 Å². The molecular weight excluding hydrogens is 388 g/mol. The molecule has 3 heterocycles. The molecule has 0 aliphatic rings. The van der Waals surface area contributed by atoms with Gasteiger partial charge in [-0.3, -0.25) is 4.79 Å². The summed E-state index contributed by atoms with van der Waals surface area (Å²) in [5.74, 6) is 1.90. The third-order valence-electron chi connectivity index (χ3n) is 4.16. The van der Waals surface area contributed by atoms with Crippen LogP contribution in [-0.2, 0) is 4.79 Å². The fraction of sp³-hybridized carbons (Fsp3) is 0.250. The van der Waals surface area contributed by atoms with Crippen LogP contribution in [0.2, 0.25) is 0 Å². The average molecular weight is 408 g/mol. The van der Waals surface area contributed by atoms with Crippen LogP contribution < -0.4 is 5.32 Å². The topological polar surface area (TPSA) is 98.7 Å². The van der Waals surface area contributed by atoms with Crippen molar-refractivity contribution in [2.75, 3.05) is 11.1 Å². The molecule has 1 N–H and O–H groups in total. The van der Waals surface area contributed by atoms with Gasteiger partial charge in [0.2, 0.25) is 5.91 Å². The molecule has 0 aliphatic carbocycles. The van der Waals surface area contributed by atoms with Crippen molar-refractivity contribution in [1.82, 2.24) is 24.9 Å². The Morgan fingerprint density at radius 1 is 1.24 bits per heavy atom. The molecule has 0 aliphatic heterocycles. The summed E-state index contributed by atoms with van der Waals surface area (Å²) in [5.41, 5.74) is 1.65. The molecule has 0 bridgehead atoms. The van der Waals surface area contributed by atoms with Crippen LogP contribution in [0.15, 0.2) is 52.1 Å². The van der Waals surface area contributed by atoms with Gasteiger partial charge in [0.15, 0.2) is 11.5 Å². The summed E-state index contributed by atoms with van der Waals surface area (Å²) in [6, 6.07) is 11.5. The number of amides is 1. The van der Waals surface area contributed by atoms with Crippen molar-refractivity contribution < 1.29 is 9.32 Å². The Morgan fingerprint density at radius 2 is 2.03 bits per heavy atom. The molecule has 4 aromatic rings. The minimum absolute atomic E-state index is 0.143. The minimum Gasteiger partial charge on any atom is -0.360 e. The molecule has 0 saturated carbocycles. The van der Waals surface area contributed by atoms with Crippen LogP contribution in [0.4, 0.5) is 5.82 Å². The second-order valence-electron chi connectivity index (χ2n) is 6.83. The zero-order chi connectivity index (χ0) is 20.4. The summed E-state index contributed by atoms with van der Waals surface area (Å²) in [4.78, 5) is 21.7. The van der Waals surface area contributed by atoms with Gasteiger partial charge < -0.3 is 9.84 Å². The van der Waals surface area contributed by atoms with Gasteiger partial charge in [0.25, 0.3) is 0 Å². The Labute approximate surface area is 171 Å². The second kappa shape index (κ2) is 8.04. The largest absolute Gasteiger partial charge is 0.360 e. The van der Waals surface area contributed by atoms with Gasteiger partial charge in [0.05, 0.1) is 23.0 Å². The fourth-order valence-corrected chi connectivity index (χ4v) is 3.56. The number of aromatic nitrogens is 5. The molecular formula is C20H20N6O2S. The van der Waals surface area contributed by atoms with Crippen molar-refractivity contribution in [3.63, 3.8) is 0 Å². The van der Waals surface area contributed by atoms with E-state index in [4.69, 9.17) is 9.51 Å². The summed E-state index contributed by atoms with van der Waals surface area (Å²) in [6.07, 6.45) is 1.74. The molecule has 0 saturated heterocycles. The van der Waals surface area contributed by atoms with Gasteiger partial charge in [0.1, 0.15) is 16.6 Å². The maximum absolute atomic E-state index is 12.3. The van der Waals surface area contributed by atoms with E-state index in [0.29, 0.717) is 17.4 Å². The van der Waals surface area contributed by atoms with Gasteiger partial charge in [-0.15, -0.1) is 0 Å². The lowest BCUT2D eigenvalue weighted by atomic mass is 10.2. The zero-order valence-electron chi connectivity index (χ0n) is 16.3. The van der Waals surface area contributed by atoms with Gasteiger partial charge in [-0.2, -0.15) is 5.10 Å². The predicted molar refractivity (Wildman–Crippen MR) is 111 cm³/mol. The third kappa shape index (κ3) is 4.14. The number of nitrogens with one attached hydrogen (secondary N) is 1. The second-order valence-corrected chi connectivity index (χ2v) is 7.79. The Morgan fingerprint density at radius 3 is 2.72 bits per heavy atom. The Kier molecular flexibility index (Phi) is 5.30. The molecule has 0 fully saturated rings. The van der Waals surface area contributed by atoms with E-state index in [0.717, 1.165) is 21.7 Å². The maximum atomic E-state index is 12.3. The van der Waals surface area contributed by atoms with Crippen LogP contribution in [0, 0.1) is 6.92 Å². The summed E-state index contributed by atoms with van der Waals surface area (Å²) in [7, 11) is 0.